The number of carbonyl (C=O) groups is 1. The van der Waals surface area contributed by atoms with Gasteiger partial charge in [-0.1, -0.05) is 30.3 Å². The van der Waals surface area contributed by atoms with Gasteiger partial charge in [0.05, 0.1) is 4.47 Å². The Kier molecular flexibility index (Phi) is 3.33. The minimum atomic E-state index is -0.646. The summed E-state index contributed by atoms with van der Waals surface area (Å²) in [5.41, 5.74) is 5.17. The fourth-order valence-corrected chi connectivity index (χ4v) is 2.14. The summed E-state index contributed by atoms with van der Waals surface area (Å²) in [7, 11) is 0. The molecule has 0 saturated heterocycles. The van der Waals surface area contributed by atoms with Gasteiger partial charge in [0.1, 0.15) is 5.75 Å². The lowest BCUT2D eigenvalue weighted by Gasteiger charge is -2.13. The third kappa shape index (κ3) is 2.42. The van der Waals surface area contributed by atoms with E-state index in [1.807, 2.05) is 36.4 Å². The van der Waals surface area contributed by atoms with Crippen molar-refractivity contribution in [2.75, 3.05) is 0 Å². The van der Waals surface area contributed by atoms with Crippen molar-refractivity contribution in [2.24, 2.45) is 5.73 Å². The number of benzene rings is 2. The van der Waals surface area contributed by atoms with Crippen LogP contribution < -0.4 is 10.5 Å². The Morgan fingerprint density at radius 2 is 2.00 bits per heavy atom. The second kappa shape index (κ2) is 4.75. The van der Waals surface area contributed by atoms with Crippen LogP contribution in [-0.4, -0.2) is 12.0 Å². The Labute approximate surface area is 108 Å². The van der Waals surface area contributed by atoms with Gasteiger partial charge in [0.25, 0.3) is 5.91 Å². The molecule has 17 heavy (non-hydrogen) atoms. The topological polar surface area (TPSA) is 52.3 Å². The van der Waals surface area contributed by atoms with Crippen molar-refractivity contribution in [3.05, 3.63) is 40.9 Å². The molecule has 0 fully saturated rings. The van der Waals surface area contributed by atoms with Gasteiger partial charge in [-0.05, 0) is 39.7 Å². The molecule has 0 aliphatic heterocycles. The molecule has 2 aromatic carbocycles. The maximum atomic E-state index is 11.0. The smallest absolute Gasteiger partial charge is 0.258 e. The summed E-state index contributed by atoms with van der Waals surface area (Å²) < 4.78 is 6.33. The number of halogens is 1. The monoisotopic (exact) mass is 293 g/mol. The number of amides is 1. The van der Waals surface area contributed by atoms with Crippen LogP contribution in [0.1, 0.15) is 6.92 Å². The van der Waals surface area contributed by atoms with Gasteiger partial charge in [-0.25, -0.2) is 0 Å². The van der Waals surface area contributed by atoms with Crippen molar-refractivity contribution in [2.45, 2.75) is 13.0 Å². The standard InChI is InChI=1S/C13H12BrNO2/c1-8(13(15)16)17-11-7-6-9-4-2-3-5-10(9)12(11)14/h2-8H,1H3,(H2,15,16)/t8-/m0/s1. The predicted molar refractivity (Wildman–Crippen MR) is 70.9 cm³/mol. The van der Waals surface area contributed by atoms with Crippen LogP contribution in [0.4, 0.5) is 0 Å². The fourth-order valence-electron chi connectivity index (χ4n) is 1.55. The quantitative estimate of drug-likeness (QED) is 0.946. The highest BCUT2D eigenvalue weighted by Crippen LogP contribution is 2.33. The second-order valence-electron chi connectivity index (χ2n) is 3.76. The van der Waals surface area contributed by atoms with Crippen molar-refractivity contribution >= 4 is 32.6 Å². The van der Waals surface area contributed by atoms with Gasteiger partial charge in [0, 0.05) is 0 Å². The molecule has 88 valence electrons. The van der Waals surface area contributed by atoms with E-state index in [-0.39, 0.29) is 0 Å². The third-order valence-corrected chi connectivity index (χ3v) is 3.35. The molecule has 2 aromatic rings. The summed E-state index contributed by atoms with van der Waals surface area (Å²) in [6.45, 7) is 1.63. The van der Waals surface area contributed by atoms with E-state index in [4.69, 9.17) is 10.5 Å². The molecule has 0 bridgehead atoms. The van der Waals surface area contributed by atoms with Gasteiger partial charge in [0.2, 0.25) is 0 Å². The number of hydrogen-bond acceptors (Lipinski definition) is 2. The zero-order valence-electron chi connectivity index (χ0n) is 9.31. The molecule has 0 unspecified atom stereocenters. The lowest BCUT2D eigenvalue weighted by Crippen LogP contribution is -2.30. The Morgan fingerprint density at radius 3 is 2.71 bits per heavy atom. The number of primary amides is 1. The van der Waals surface area contributed by atoms with E-state index in [9.17, 15) is 4.79 Å². The largest absolute Gasteiger partial charge is 0.480 e. The Bertz CT molecular complexity index is 568. The number of carbonyl (C=O) groups excluding carboxylic acids is 1. The maximum Gasteiger partial charge on any atom is 0.258 e. The molecule has 1 amide bonds. The van der Waals surface area contributed by atoms with Crippen molar-refractivity contribution in [3.8, 4) is 5.75 Å². The molecule has 0 heterocycles. The minimum absolute atomic E-state index is 0.481. The van der Waals surface area contributed by atoms with E-state index in [0.717, 1.165) is 15.2 Å². The van der Waals surface area contributed by atoms with E-state index >= 15 is 0 Å². The van der Waals surface area contributed by atoms with Gasteiger partial charge in [-0.2, -0.15) is 0 Å². The molecule has 0 aliphatic rings. The Morgan fingerprint density at radius 1 is 1.29 bits per heavy atom. The van der Waals surface area contributed by atoms with Crippen molar-refractivity contribution in [1.29, 1.82) is 0 Å². The number of ether oxygens (including phenoxy) is 1. The van der Waals surface area contributed by atoms with Gasteiger partial charge in [0.15, 0.2) is 6.10 Å². The molecule has 0 aromatic heterocycles. The molecule has 0 radical (unpaired) electrons. The first-order valence-corrected chi connectivity index (χ1v) is 6.02. The highest BCUT2D eigenvalue weighted by atomic mass is 79.9. The van der Waals surface area contributed by atoms with Crippen LogP contribution in [0.2, 0.25) is 0 Å². The van der Waals surface area contributed by atoms with E-state index in [2.05, 4.69) is 15.9 Å². The number of nitrogens with two attached hydrogens (primary N) is 1. The molecular formula is C13H12BrNO2. The van der Waals surface area contributed by atoms with E-state index in [1.54, 1.807) is 6.92 Å². The average Bonchev–Trinajstić information content (AvgIpc) is 2.33. The van der Waals surface area contributed by atoms with Crippen LogP contribution in [0.5, 0.6) is 5.75 Å². The van der Waals surface area contributed by atoms with Crippen LogP contribution >= 0.6 is 15.9 Å². The highest BCUT2D eigenvalue weighted by molar-refractivity contribution is 9.10. The van der Waals surface area contributed by atoms with Gasteiger partial charge >= 0.3 is 0 Å². The predicted octanol–water partition coefficient (Wildman–Crippen LogP) is 2.85. The second-order valence-corrected chi connectivity index (χ2v) is 4.55. The van der Waals surface area contributed by atoms with Crippen LogP contribution in [0, 0.1) is 0 Å². The van der Waals surface area contributed by atoms with Crippen LogP contribution in [0.3, 0.4) is 0 Å². The summed E-state index contributed by atoms with van der Waals surface area (Å²) in [6, 6.07) is 11.7. The van der Waals surface area contributed by atoms with Gasteiger partial charge < -0.3 is 10.5 Å². The normalized spacial score (nSPS) is 12.4. The lowest BCUT2D eigenvalue weighted by molar-refractivity contribution is -0.123. The Balaban J connectivity index is 2.42. The highest BCUT2D eigenvalue weighted by Gasteiger charge is 2.13. The van der Waals surface area contributed by atoms with Crippen molar-refractivity contribution in [3.63, 3.8) is 0 Å². The summed E-state index contributed by atoms with van der Waals surface area (Å²) in [5, 5.41) is 2.15. The van der Waals surface area contributed by atoms with E-state index in [0.29, 0.717) is 5.75 Å². The maximum absolute atomic E-state index is 11.0. The van der Waals surface area contributed by atoms with Crippen LogP contribution in [-0.2, 0) is 4.79 Å². The first-order valence-electron chi connectivity index (χ1n) is 5.23. The average molecular weight is 294 g/mol. The van der Waals surface area contributed by atoms with E-state index < -0.39 is 12.0 Å². The van der Waals surface area contributed by atoms with E-state index in [1.165, 1.54) is 0 Å². The summed E-state index contributed by atoms with van der Waals surface area (Å²) in [4.78, 5) is 11.0. The first-order chi connectivity index (χ1) is 8.09. The number of rotatable bonds is 3. The minimum Gasteiger partial charge on any atom is -0.480 e. The van der Waals surface area contributed by atoms with Crippen LogP contribution in [0.25, 0.3) is 10.8 Å². The summed E-state index contributed by atoms with van der Waals surface area (Å²) >= 11 is 3.48. The molecule has 0 spiro atoms. The first kappa shape index (κ1) is 11.9. The van der Waals surface area contributed by atoms with Gasteiger partial charge in [-0.3, -0.25) is 4.79 Å². The molecular weight excluding hydrogens is 282 g/mol. The lowest BCUT2D eigenvalue weighted by atomic mass is 10.1. The summed E-state index contributed by atoms with van der Waals surface area (Å²) in [5.74, 6) is 0.139. The molecule has 2 N–H and O–H groups in total. The van der Waals surface area contributed by atoms with Crippen LogP contribution in [0.15, 0.2) is 40.9 Å². The molecule has 2 rings (SSSR count). The molecule has 3 nitrogen and oxygen atoms in total. The molecule has 0 saturated carbocycles. The Hall–Kier alpha value is -1.55. The zero-order chi connectivity index (χ0) is 12.4. The summed E-state index contributed by atoms with van der Waals surface area (Å²) in [6.07, 6.45) is -0.646. The van der Waals surface area contributed by atoms with Crippen molar-refractivity contribution < 1.29 is 9.53 Å². The number of fused-ring (bicyclic) bond motifs is 1. The zero-order valence-corrected chi connectivity index (χ0v) is 10.9. The molecule has 1 atom stereocenters. The van der Waals surface area contributed by atoms with Gasteiger partial charge in [-0.15, -0.1) is 0 Å². The fraction of sp³-hybridized carbons (Fsp3) is 0.154. The molecule has 0 aliphatic carbocycles. The third-order valence-electron chi connectivity index (χ3n) is 2.53. The van der Waals surface area contributed by atoms with Crippen molar-refractivity contribution in [1.82, 2.24) is 0 Å². The number of hydrogen-bond donors (Lipinski definition) is 1. The SMILES string of the molecule is C[C@H](Oc1ccc2ccccc2c1Br)C(N)=O. The molecule has 4 heteroatoms.